The minimum absolute atomic E-state index is 0. The first kappa shape index (κ1) is 13.4. The fraction of sp³-hybridized carbons (Fsp3) is 0.200. The number of aromatic nitrogens is 3. The number of nitrogen functional groups attached to an aromatic ring is 2. The van der Waals surface area contributed by atoms with E-state index in [0.29, 0.717) is 0 Å². The minimum Gasteiger partial charge on any atom is -0.481 e. The van der Waals surface area contributed by atoms with Crippen LogP contribution in [0.3, 0.4) is 0 Å². The number of rotatable bonds is 3. The van der Waals surface area contributed by atoms with Crippen LogP contribution in [-0.2, 0) is 4.79 Å². The third kappa shape index (κ3) is 4.61. The molecule has 0 amide bonds. The topological polar surface area (TPSA) is 128 Å². The first-order valence-corrected chi connectivity index (χ1v) is 4.18. The molecule has 0 unspecified atom stereocenters. The molecule has 0 spiro atoms. The molecular weight excluding hydrogens is 217 g/mol. The Bertz CT molecular complexity index is 316. The summed E-state index contributed by atoms with van der Waals surface area (Å²) >= 11 is 0.935. The number of carbonyl (C=O) groups is 1. The fourth-order valence-electron chi connectivity index (χ4n) is 0.579. The molecule has 0 aliphatic carbocycles. The molecule has 5 N–H and O–H groups in total. The van der Waals surface area contributed by atoms with Gasteiger partial charge in [-0.25, -0.2) is 0 Å². The van der Waals surface area contributed by atoms with Crippen molar-refractivity contribution in [2.75, 3.05) is 17.2 Å². The maximum Gasteiger partial charge on any atom is 0.313 e. The van der Waals surface area contributed by atoms with Crippen molar-refractivity contribution in [3.8, 4) is 0 Å². The number of aliphatic carboxylic acids is 1. The van der Waals surface area contributed by atoms with Crippen LogP contribution in [0.15, 0.2) is 5.16 Å². The predicted octanol–water partition coefficient (Wildman–Crippen LogP) is -1.17. The normalized spacial score (nSPS) is 9.14. The number of nitrogens with zero attached hydrogens (tertiary/aromatic N) is 3. The Morgan fingerprint density at radius 3 is 2.21 bits per heavy atom. The van der Waals surface area contributed by atoms with Gasteiger partial charge in [-0.3, -0.25) is 4.79 Å². The molecule has 1 aromatic heterocycles. The molecule has 1 radical (unpaired) electrons. The van der Waals surface area contributed by atoms with Crippen LogP contribution >= 0.6 is 11.8 Å². The number of anilines is 2. The van der Waals surface area contributed by atoms with Crippen LogP contribution in [0.25, 0.3) is 0 Å². The number of carboxylic acids is 1. The van der Waals surface area contributed by atoms with Crippen molar-refractivity contribution >= 4 is 59.2 Å². The van der Waals surface area contributed by atoms with Crippen LogP contribution in [0.5, 0.6) is 0 Å². The zero-order valence-electron chi connectivity index (χ0n) is 7.47. The summed E-state index contributed by atoms with van der Waals surface area (Å²) in [7, 11) is 0. The molecule has 0 saturated carbocycles. The molecule has 0 fully saturated rings. The average molecular weight is 224 g/mol. The van der Waals surface area contributed by atoms with Crippen LogP contribution in [-0.4, -0.2) is 61.3 Å². The summed E-state index contributed by atoms with van der Waals surface area (Å²) in [6.45, 7) is 0. The Hall–Kier alpha value is -0.570. The van der Waals surface area contributed by atoms with Gasteiger partial charge in [0.2, 0.25) is 11.9 Å². The van der Waals surface area contributed by atoms with Gasteiger partial charge in [-0.1, -0.05) is 11.8 Å². The van der Waals surface area contributed by atoms with E-state index in [9.17, 15) is 4.79 Å². The number of hydrogen-bond acceptors (Lipinski definition) is 7. The minimum atomic E-state index is -0.956. The van der Waals surface area contributed by atoms with E-state index in [4.69, 9.17) is 16.6 Å². The maximum atomic E-state index is 10.2. The fourth-order valence-corrected chi connectivity index (χ4v) is 1.15. The summed E-state index contributed by atoms with van der Waals surface area (Å²) in [5.41, 5.74) is 10.5. The van der Waals surface area contributed by atoms with E-state index in [1.807, 2.05) is 0 Å². The first-order chi connectivity index (χ1) is 6.08. The molecule has 0 bridgehead atoms. The van der Waals surface area contributed by atoms with E-state index in [1.54, 1.807) is 0 Å². The van der Waals surface area contributed by atoms with Crippen LogP contribution in [0.1, 0.15) is 0 Å². The Labute approximate surface area is 106 Å². The van der Waals surface area contributed by atoms with E-state index in [-0.39, 0.29) is 52.4 Å². The van der Waals surface area contributed by atoms with E-state index >= 15 is 0 Å². The van der Waals surface area contributed by atoms with E-state index in [0.717, 1.165) is 11.8 Å². The van der Waals surface area contributed by atoms with Gasteiger partial charge in [0.05, 0.1) is 5.75 Å². The molecule has 0 aromatic carbocycles. The van der Waals surface area contributed by atoms with Gasteiger partial charge in [0, 0.05) is 29.6 Å². The van der Waals surface area contributed by atoms with Crippen molar-refractivity contribution in [3.05, 3.63) is 0 Å². The van der Waals surface area contributed by atoms with Gasteiger partial charge in [0.15, 0.2) is 5.16 Å². The maximum absolute atomic E-state index is 10.2. The Balaban J connectivity index is 0.00000169. The van der Waals surface area contributed by atoms with Gasteiger partial charge in [-0.05, 0) is 0 Å². The zero-order chi connectivity index (χ0) is 9.84. The monoisotopic (exact) mass is 224 g/mol. The third-order valence-electron chi connectivity index (χ3n) is 0.974. The SMILES string of the molecule is Nc1nc(N)nc(SCC(=O)O)n1.[Na]. The zero-order valence-corrected chi connectivity index (χ0v) is 10.3. The molecule has 0 aliphatic heterocycles. The Kier molecular flexibility index (Phi) is 5.77. The second-order valence-corrected chi connectivity index (χ2v) is 2.96. The van der Waals surface area contributed by atoms with Gasteiger partial charge < -0.3 is 16.6 Å². The van der Waals surface area contributed by atoms with E-state index in [1.165, 1.54) is 0 Å². The van der Waals surface area contributed by atoms with Gasteiger partial charge in [0.1, 0.15) is 0 Å². The number of carboxylic acid groups (broad SMARTS) is 1. The van der Waals surface area contributed by atoms with Crippen molar-refractivity contribution in [3.63, 3.8) is 0 Å². The standard InChI is InChI=1S/C5H7N5O2S.Na/c6-3-8-4(7)10-5(9-3)13-1-2(11)12;/h1H2,(H,11,12)(H4,6,7,8,9,10);. The summed E-state index contributed by atoms with van der Waals surface area (Å²) in [5, 5.41) is 8.57. The van der Waals surface area contributed by atoms with Gasteiger partial charge in [0.25, 0.3) is 0 Å². The van der Waals surface area contributed by atoms with Crippen LogP contribution in [0.4, 0.5) is 11.9 Å². The summed E-state index contributed by atoms with van der Waals surface area (Å²) < 4.78 is 0. The second kappa shape index (κ2) is 6.02. The molecule has 71 valence electrons. The molecule has 1 heterocycles. The van der Waals surface area contributed by atoms with Gasteiger partial charge in [-0.2, -0.15) is 15.0 Å². The largest absolute Gasteiger partial charge is 0.481 e. The Morgan fingerprint density at radius 1 is 1.29 bits per heavy atom. The summed E-state index contributed by atoms with van der Waals surface area (Å²) in [5.74, 6) is -1.12. The molecule has 1 rings (SSSR count). The molecule has 0 atom stereocenters. The second-order valence-electron chi connectivity index (χ2n) is 2.02. The smallest absolute Gasteiger partial charge is 0.313 e. The molecule has 0 saturated heterocycles. The third-order valence-corrected chi connectivity index (χ3v) is 1.81. The molecule has 14 heavy (non-hydrogen) atoms. The van der Waals surface area contributed by atoms with Gasteiger partial charge in [-0.15, -0.1) is 0 Å². The number of thioether (sulfide) groups is 1. The van der Waals surface area contributed by atoms with Crippen LogP contribution in [0.2, 0.25) is 0 Å². The molecule has 1 aromatic rings. The summed E-state index contributed by atoms with van der Waals surface area (Å²) in [6.07, 6.45) is 0. The van der Waals surface area contributed by atoms with E-state index in [2.05, 4.69) is 15.0 Å². The van der Waals surface area contributed by atoms with Crippen molar-refractivity contribution < 1.29 is 9.90 Å². The number of hydrogen-bond donors (Lipinski definition) is 3. The van der Waals surface area contributed by atoms with Crippen molar-refractivity contribution in [1.29, 1.82) is 0 Å². The van der Waals surface area contributed by atoms with E-state index < -0.39 is 5.97 Å². The molecule has 9 heteroatoms. The predicted molar refractivity (Wildman–Crippen MR) is 52.8 cm³/mol. The molecule has 0 aliphatic rings. The molecular formula is C5H7N5NaO2S. The Morgan fingerprint density at radius 2 is 1.79 bits per heavy atom. The first-order valence-electron chi connectivity index (χ1n) is 3.19. The molecule has 7 nitrogen and oxygen atoms in total. The summed E-state index contributed by atoms with van der Waals surface area (Å²) in [6, 6.07) is 0. The average Bonchev–Trinajstić information content (AvgIpc) is 1.99. The van der Waals surface area contributed by atoms with Crippen molar-refractivity contribution in [1.82, 2.24) is 15.0 Å². The van der Waals surface area contributed by atoms with Crippen LogP contribution in [0, 0.1) is 0 Å². The van der Waals surface area contributed by atoms with Gasteiger partial charge >= 0.3 is 5.97 Å². The van der Waals surface area contributed by atoms with Crippen LogP contribution < -0.4 is 11.5 Å². The number of nitrogens with two attached hydrogens (primary N) is 2. The van der Waals surface area contributed by atoms with Crippen molar-refractivity contribution in [2.24, 2.45) is 0 Å². The summed E-state index contributed by atoms with van der Waals surface area (Å²) in [4.78, 5) is 21.1. The quantitative estimate of drug-likeness (QED) is 0.433. The van der Waals surface area contributed by atoms with Crippen molar-refractivity contribution in [2.45, 2.75) is 5.16 Å².